The van der Waals surface area contributed by atoms with Crippen LogP contribution >= 0.6 is 0 Å². The zero-order valence-electron chi connectivity index (χ0n) is 11.4. The van der Waals surface area contributed by atoms with E-state index in [1.54, 1.807) is 0 Å². The monoisotopic (exact) mass is 262 g/mol. The quantitative estimate of drug-likeness (QED) is 0.867. The van der Waals surface area contributed by atoms with Gasteiger partial charge in [-0.1, -0.05) is 30.3 Å². The minimum Gasteiger partial charge on any atom is -0.370 e. The topological polar surface area (TPSA) is 55.6 Å². The minimum atomic E-state index is -0.503. The maximum absolute atomic E-state index is 12.3. The van der Waals surface area contributed by atoms with E-state index >= 15 is 0 Å². The highest BCUT2D eigenvalue weighted by Gasteiger charge is 2.32. The van der Waals surface area contributed by atoms with E-state index in [-0.39, 0.29) is 18.5 Å². The first-order chi connectivity index (χ1) is 9.26. The number of hydrogen-bond donors (Lipinski definition) is 1. The van der Waals surface area contributed by atoms with Crippen molar-refractivity contribution in [2.45, 2.75) is 31.4 Å². The first-order valence-electron chi connectivity index (χ1n) is 6.83. The number of amides is 1. The molecule has 0 aromatic heterocycles. The van der Waals surface area contributed by atoms with Crippen LogP contribution in [0.2, 0.25) is 0 Å². The zero-order valence-corrected chi connectivity index (χ0v) is 11.4. The molecule has 0 spiro atoms. The fourth-order valence-electron chi connectivity index (χ4n) is 2.71. The van der Waals surface area contributed by atoms with E-state index in [0.717, 1.165) is 25.8 Å². The molecule has 2 rings (SSSR count). The van der Waals surface area contributed by atoms with Gasteiger partial charge >= 0.3 is 0 Å². The second-order valence-corrected chi connectivity index (χ2v) is 4.98. The first kappa shape index (κ1) is 14.0. The Morgan fingerprint density at radius 2 is 2.21 bits per heavy atom. The lowest BCUT2D eigenvalue weighted by molar-refractivity contribution is -0.142. The summed E-state index contributed by atoms with van der Waals surface area (Å²) in [6.07, 6.45) is 2.52. The van der Waals surface area contributed by atoms with E-state index in [0.29, 0.717) is 0 Å². The first-order valence-corrected chi connectivity index (χ1v) is 6.83. The van der Waals surface area contributed by atoms with Gasteiger partial charge in [0.2, 0.25) is 0 Å². The van der Waals surface area contributed by atoms with Gasteiger partial charge in [-0.15, -0.1) is 0 Å². The van der Waals surface area contributed by atoms with E-state index in [2.05, 4.69) is 12.1 Å². The van der Waals surface area contributed by atoms with Crippen molar-refractivity contribution in [1.82, 2.24) is 4.90 Å². The van der Waals surface area contributed by atoms with Crippen molar-refractivity contribution >= 4 is 5.91 Å². The Labute approximate surface area is 114 Å². The molecule has 2 N–H and O–H groups in total. The van der Waals surface area contributed by atoms with Gasteiger partial charge in [-0.05, 0) is 24.8 Å². The molecule has 1 aliphatic rings. The standard InChI is InChI=1S/C15H22N2O2/c1-19-14(11-16)15(18)17-9-5-8-13(17)10-12-6-3-2-4-7-12/h2-4,6-7,13-14H,5,8-11,16H2,1H3. The molecule has 19 heavy (non-hydrogen) atoms. The molecule has 0 aliphatic carbocycles. The average Bonchev–Trinajstić information content (AvgIpc) is 2.89. The predicted molar refractivity (Wildman–Crippen MR) is 74.7 cm³/mol. The molecule has 0 saturated carbocycles. The van der Waals surface area contributed by atoms with Gasteiger partial charge in [0, 0.05) is 26.2 Å². The van der Waals surface area contributed by atoms with Gasteiger partial charge in [0.05, 0.1) is 0 Å². The number of carbonyl (C=O) groups is 1. The molecule has 1 amide bonds. The van der Waals surface area contributed by atoms with Crippen molar-refractivity contribution in [1.29, 1.82) is 0 Å². The van der Waals surface area contributed by atoms with Gasteiger partial charge in [0.25, 0.3) is 5.91 Å². The third-order valence-electron chi connectivity index (χ3n) is 3.75. The summed E-state index contributed by atoms with van der Waals surface area (Å²) in [5, 5.41) is 0. The van der Waals surface area contributed by atoms with Crippen molar-refractivity contribution in [3.63, 3.8) is 0 Å². The molecule has 4 heteroatoms. The van der Waals surface area contributed by atoms with Crippen LogP contribution in [0.1, 0.15) is 18.4 Å². The Bertz CT molecular complexity index is 404. The fraction of sp³-hybridized carbons (Fsp3) is 0.533. The Kier molecular flexibility index (Phi) is 4.93. The second-order valence-electron chi connectivity index (χ2n) is 4.98. The lowest BCUT2D eigenvalue weighted by Crippen LogP contribution is -2.46. The van der Waals surface area contributed by atoms with Crippen molar-refractivity contribution in [2.75, 3.05) is 20.2 Å². The van der Waals surface area contributed by atoms with Gasteiger partial charge in [0.15, 0.2) is 0 Å². The Hall–Kier alpha value is -1.39. The molecule has 104 valence electrons. The lowest BCUT2D eigenvalue weighted by atomic mass is 10.0. The van der Waals surface area contributed by atoms with Crippen molar-refractivity contribution in [2.24, 2.45) is 5.73 Å². The maximum atomic E-state index is 12.3. The van der Waals surface area contributed by atoms with Gasteiger partial charge in [-0.3, -0.25) is 4.79 Å². The highest BCUT2D eigenvalue weighted by molar-refractivity contribution is 5.81. The second kappa shape index (κ2) is 6.68. The fourth-order valence-corrected chi connectivity index (χ4v) is 2.71. The maximum Gasteiger partial charge on any atom is 0.253 e. The number of methoxy groups -OCH3 is 1. The molecule has 2 atom stereocenters. The summed E-state index contributed by atoms with van der Waals surface area (Å²) in [6.45, 7) is 1.06. The van der Waals surface area contributed by atoms with Crippen LogP contribution in [0.3, 0.4) is 0 Å². The summed E-state index contributed by atoms with van der Waals surface area (Å²) >= 11 is 0. The summed E-state index contributed by atoms with van der Waals surface area (Å²) in [7, 11) is 1.54. The molecule has 0 radical (unpaired) electrons. The summed E-state index contributed by atoms with van der Waals surface area (Å²) in [5.74, 6) is 0.0310. The Morgan fingerprint density at radius 1 is 1.47 bits per heavy atom. The van der Waals surface area contributed by atoms with E-state index in [1.807, 2.05) is 23.1 Å². The van der Waals surface area contributed by atoms with Crippen LogP contribution in [0.4, 0.5) is 0 Å². The van der Waals surface area contributed by atoms with Crippen LogP contribution in [0.25, 0.3) is 0 Å². The Balaban J connectivity index is 2.02. The number of nitrogens with zero attached hydrogens (tertiary/aromatic N) is 1. The van der Waals surface area contributed by atoms with Crippen LogP contribution in [0.5, 0.6) is 0 Å². The normalized spacial score (nSPS) is 20.5. The molecule has 1 saturated heterocycles. The van der Waals surface area contributed by atoms with Gasteiger partial charge in [0.1, 0.15) is 6.10 Å². The number of hydrogen-bond acceptors (Lipinski definition) is 3. The van der Waals surface area contributed by atoms with Crippen LogP contribution in [-0.4, -0.2) is 43.2 Å². The molecular formula is C15H22N2O2. The minimum absolute atomic E-state index is 0.0310. The Morgan fingerprint density at radius 3 is 2.84 bits per heavy atom. The number of nitrogens with two attached hydrogens (primary N) is 1. The summed E-state index contributed by atoms with van der Waals surface area (Å²) in [4.78, 5) is 14.3. The third kappa shape index (κ3) is 3.33. The van der Waals surface area contributed by atoms with E-state index in [1.165, 1.54) is 12.7 Å². The van der Waals surface area contributed by atoms with Crippen molar-refractivity contribution < 1.29 is 9.53 Å². The molecule has 1 aromatic rings. The van der Waals surface area contributed by atoms with E-state index in [4.69, 9.17) is 10.5 Å². The van der Waals surface area contributed by atoms with E-state index in [9.17, 15) is 4.79 Å². The highest BCUT2D eigenvalue weighted by atomic mass is 16.5. The van der Waals surface area contributed by atoms with Gasteiger partial charge in [-0.25, -0.2) is 0 Å². The molecule has 4 nitrogen and oxygen atoms in total. The van der Waals surface area contributed by atoms with E-state index < -0.39 is 6.10 Å². The number of benzene rings is 1. The summed E-state index contributed by atoms with van der Waals surface area (Å²) in [6, 6.07) is 10.6. The largest absolute Gasteiger partial charge is 0.370 e. The summed E-state index contributed by atoms with van der Waals surface area (Å²) < 4.78 is 5.16. The zero-order chi connectivity index (χ0) is 13.7. The van der Waals surface area contributed by atoms with Crippen LogP contribution in [0.15, 0.2) is 30.3 Å². The van der Waals surface area contributed by atoms with Gasteiger partial charge < -0.3 is 15.4 Å². The van der Waals surface area contributed by atoms with Gasteiger partial charge in [-0.2, -0.15) is 0 Å². The number of rotatable bonds is 5. The molecule has 1 aliphatic heterocycles. The third-order valence-corrected chi connectivity index (χ3v) is 3.75. The van der Waals surface area contributed by atoms with Crippen LogP contribution in [-0.2, 0) is 16.0 Å². The molecule has 1 heterocycles. The molecule has 1 fully saturated rings. The predicted octanol–water partition coefficient (Wildman–Crippen LogP) is 1.19. The average molecular weight is 262 g/mol. The smallest absolute Gasteiger partial charge is 0.253 e. The van der Waals surface area contributed by atoms with Crippen LogP contribution < -0.4 is 5.73 Å². The highest BCUT2D eigenvalue weighted by Crippen LogP contribution is 2.22. The number of ether oxygens (including phenoxy) is 1. The van der Waals surface area contributed by atoms with Crippen LogP contribution in [0, 0.1) is 0 Å². The molecular weight excluding hydrogens is 240 g/mol. The molecule has 0 bridgehead atoms. The number of carbonyl (C=O) groups excluding carboxylic acids is 1. The molecule has 1 aromatic carbocycles. The van der Waals surface area contributed by atoms with Crippen molar-refractivity contribution in [3.8, 4) is 0 Å². The SMILES string of the molecule is COC(CN)C(=O)N1CCCC1Cc1ccccc1. The van der Waals surface area contributed by atoms with Crippen molar-refractivity contribution in [3.05, 3.63) is 35.9 Å². The lowest BCUT2D eigenvalue weighted by Gasteiger charge is -2.28. The number of likely N-dealkylation sites (tertiary alicyclic amines) is 1. The molecule has 2 unspecified atom stereocenters. The summed E-state index contributed by atoms with van der Waals surface area (Å²) in [5.41, 5.74) is 6.85.